The van der Waals surface area contributed by atoms with Crippen LogP contribution >= 0.6 is 0 Å². The zero-order chi connectivity index (χ0) is 14.8. The summed E-state index contributed by atoms with van der Waals surface area (Å²) in [6, 6.07) is 7.03. The zero-order valence-corrected chi connectivity index (χ0v) is 12.9. The monoisotopic (exact) mass is 284 g/mol. The number of rotatable bonds is 3. The number of likely N-dealkylation sites (tertiary alicyclic amines) is 1. The first kappa shape index (κ1) is 14.3. The summed E-state index contributed by atoms with van der Waals surface area (Å²) in [5, 5.41) is 4.31. The van der Waals surface area contributed by atoms with Gasteiger partial charge in [-0.1, -0.05) is 23.8 Å². The second-order valence-electron chi connectivity index (χ2n) is 6.20. The minimum Gasteiger partial charge on any atom is -0.327 e. The molecule has 0 amide bonds. The summed E-state index contributed by atoms with van der Waals surface area (Å²) < 4.78 is 1.86. The van der Waals surface area contributed by atoms with Crippen molar-refractivity contribution in [2.24, 2.45) is 12.8 Å². The first-order valence-electron chi connectivity index (χ1n) is 7.68. The molecule has 21 heavy (non-hydrogen) atoms. The average molecular weight is 284 g/mol. The number of aryl methyl sites for hydroxylation is 2. The lowest BCUT2D eigenvalue weighted by atomic mass is 9.98. The van der Waals surface area contributed by atoms with Crippen molar-refractivity contribution in [2.75, 3.05) is 13.1 Å². The van der Waals surface area contributed by atoms with Crippen LogP contribution in [-0.4, -0.2) is 33.8 Å². The third kappa shape index (κ3) is 3.34. The molecule has 1 atom stereocenters. The van der Waals surface area contributed by atoms with Crippen molar-refractivity contribution < 1.29 is 0 Å². The minimum absolute atomic E-state index is 0.325. The number of benzene rings is 1. The molecule has 1 fully saturated rings. The quantitative estimate of drug-likeness (QED) is 0.941. The molecule has 2 N–H and O–H groups in total. The first-order chi connectivity index (χ1) is 10.1. The Kier molecular flexibility index (Phi) is 4.08. The van der Waals surface area contributed by atoms with E-state index in [1.165, 1.54) is 28.7 Å². The fourth-order valence-electron chi connectivity index (χ4n) is 3.13. The standard InChI is InChI=1S/C17H24N4/c1-13-5-6-14(11-21-7-3-4-16(18)12-21)17(8-13)15-9-19-20(2)10-15/h5-6,8-10,16H,3-4,7,11-12,18H2,1-2H3/t16-/m1/s1. The van der Waals surface area contributed by atoms with Gasteiger partial charge in [0.05, 0.1) is 6.20 Å². The van der Waals surface area contributed by atoms with Gasteiger partial charge in [-0.05, 0) is 37.4 Å². The Morgan fingerprint density at radius 1 is 1.38 bits per heavy atom. The van der Waals surface area contributed by atoms with Gasteiger partial charge in [-0.2, -0.15) is 5.10 Å². The lowest BCUT2D eigenvalue weighted by Crippen LogP contribution is -2.42. The predicted octanol–water partition coefficient (Wildman–Crippen LogP) is 2.32. The maximum Gasteiger partial charge on any atom is 0.0568 e. The maximum absolute atomic E-state index is 6.10. The van der Waals surface area contributed by atoms with Gasteiger partial charge in [0, 0.05) is 37.9 Å². The molecule has 4 nitrogen and oxygen atoms in total. The SMILES string of the molecule is Cc1ccc(CN2CCC[C@@H](N)C2)c(-c2cnn(C)c2)c1. The summed E-state index contributed by atoms with van der Waals surface area (Å²) in [5.41, 5.74) is 11.2. The van der Waals surface area contributed by atoms with Gasteiger partial charge in [0.1, 0.15) is 0 Å². The highest BCUT2D eigenvalue weighted by atomic mass is 15.2. The van der Waals surface area contributed by atoms with E-state index in [9.17, 15) is 0 Å². The van der Waals surface area contributed by atoms with Gasteiger partial charge in [-0.15, -0.1) is 0 Å². The Balaban J connectivity index is 1.87. The number of nitrogens with zero attached hydrogens (tertiary/aromatic N) is 3. The predicted molar refractivity (Wildman–Crippen MR) is 85.9 cm³/mol. The second-order valence-corrected chi connectivity index (χ2v) is 6.20. The Morgan fingerprint density at radius 2 is 2.24 bits per heavy atom. The number of hydrogen-bond donors (Lipinski definition) is 1. The van der Waals surface area contributed by atoms with Gasteiger partial charge in [0.2, 0.25) is 0 Å². The van der Waals surface area contributed by atoms with Crippen molar-refractivity contribution in [1.82, 2.24) is 14.7 Å². The molecular weight excluding hydrogens is 260 g/mol. The Hall–Kier alpha value is -1.65. The van der Waals surface area contributed by atoms with Crippen LogP contribution in [0.1, 0.15) is 24.0 Å². The molecule has 0 saturated carbocycles. The highest BCUT2D eigenvalue weighted by Gasteiger charge is 2.18. The smallest absolute Gasteiger partial charge is 0.0568 e. The summed E-state index contributed by atoms with van der Waals surface area (Å²) in [5.74, 6) is 0. The van der Waals surface area contributed by atoms with E-state index in [1.54, 1.807) is 0 Å². The molecule has 1 saturated heterocycles. The number of nitrogens with two attached hydrogens (primary N) is 1. The second kappa shape index (κ2) is 6.00. The molecule has 0 unspecified atom stereocenters. The molecule has 2 aromatic rings. The van der Waals surface area contributed by atoms with Crippen molar-refractivity contribution in [2.45, 2.75) is 32.4 Å². The molecule has 1 aromatic heterocycles. The van der Waals surface area contributed by atoms with Crippen LogP contribution in [0, 0.1) is 6.92 Å². The molecule has 0 spiro atoms. The van der Waals surface area contributed by atoms with Crippen molar-refractivity contribution in [3.05, 3.63) is 41.7 Å². The highest BCUT2D eigenvalue weighted by Crippen LogP contribution is 2.26. The van der Waals surface area contributed by atoms with Crippen molar-refractivity contribution in [3.8, 4) is 11.1 Å². The molecule has 1 aliphatic heterocycles. The molecular formula is C17H24N4. The molecule has 2 heterocycles. The first-order valence-corrected chi connectivity index (χ1v) is 7.68. The molecule has 0 aliphatic carbocycles. The van der Waals surface area contributed by atoms with Crippen LogP contribution in [0.2, 0.25) is 0 Å². The summed E-state index contributed by atoms with van der Waals surface area (Å²) >= 11 is 0. The maximum atomic E-state index is 6.10. The van der Waals surface area contributed by atoms with E-state index in [-0.39, 0.29) is 0 Å². The Bertz CT molecular complexity index is 617. The van der Waals surface area contributed by atoms with Crippen LogP contribution in [0.5, 0.6) is 0 Å². The van der Waals surface area contributed by atoms with Crippen LogP contribution in [0.15, 0.2) is 30.6 Å². The van der Waals surface area contributed by atoms with Crippen molar-refractivity contribution in [1.29, 1.82) is 0 Å². The van der Waals surface area contributed by atoms with Crippen LogP contribution < -0.4 is 5.73 Å². The van der Waals surface area contributed by atoms with Crippen LogP contribution in [-0.2, 0) is 13.6 Å². The highest BCUT2D eigenvalue weighted by molar-refractivity contribution is 5.66. The summed E-state index contributed by atoms with van der Waals surface area (Å²) in [6.45, 7) is 5.26. The zero-order valence-electron chi connectivity index (χ0n) is 12.9. The lowest BCUT2D eigenvalue weighted by Gasteiger charge is -2.31. The third-order valence-corrected chi connectivity index (χ3v) is 4.22. The van der Waals surface area contributed by atoms with Gasteiger partial charge in [-0.25, -0.2) is 0 Å². The van der Waals surface area contributed by atoms with Crippen LogP contribution in [0.3, 0.4) is 0 Å². The number of piperidine rings is 1. The van der Waals surface area contributed by atoms with Crippen LogP contribution in [0.4, 0.5) is 0 Å². The fraction of sp³-hybridized carbons (Fsp3) is 0.471. The molecule has 4 heteroatoms. The Morgan fingerprint density at radius 3 is 2.95 bits per heavy atom. The topological polar surface area (TPSA) is 47.1 Å². The minimum atomic E-state index is 0.325. The molecule has 3 rings (SSSR count). The van der Waals surface area contributed by atoms with E-state index in [2.05, 4.69) is 41.3 Å². The average Bonchev–Trinajstić information content (AvgIpc) is 2.87. The fourth-order valence-corrected chi connectivity index (χ4v) is 3.13. The summed E-state index contributed by atoms with van der Waals surface area (Å²) in [7, 11) is 1.96. The van der Waals surface area contributed by atoms with Crippen molar-refractivity contribution >= 4 is 0 Å². The van der Waals surface area contributed by atoms with E-state index in [4.69, 9.17) is 5.73 Å². The van der Waals surface area contributed by atoms with Gasteiger partial charge in [-0.3, -0.25) is 9.58 Å². The van der Waals surface area contributed by atoms with E-state index in [0.29, 0.717) is 6.04 Å². The normalized spacial score (nSPS) is 19.9. The van der Waals surface area contributed by atoms with Crippen LogP contribution in [0.25, 0.3) is 11.1 Å². The van der Waals surface area contributed by atoms with E-state index in [0.717, 1.165) is 26.1 Å². The summed E-state index contributed by atoms with van der Waals surface area (Å²) in [4.78, 5) is 2.47. The van der Waals surface area contributed by atoms with Crippen molar-refractivity contribution in [3.63, 3.8) is 0 Å². The van der Waals surface area contributed by atoms with Gasteiger partial charge < -0.3 is 5.73 Å². The molecule has 112 valence electrons. The number of hydrogen-bond acceptors (Lipinski definition) is 3. The Labute approximate surface area is 126 Å². The van der Waals surface area contributed by atoms with E-state index >= 15 is 0 Å². The summed E-state index contributed by atoms with van der Waals surface area (Å²) in [6.07, 6.45) is 6.38. The van der Waals surface area contributed by atoms with E-state index in [1.807, 2.05) is 17.9 Å². The largest absolute Gasteiger partial charge is 0.327 e. The molecule has 0 bridgehead atoms. The lowest BCUT2D eigenvalue weighted by molar-refractivity contribution is 0.202. The molecule has 1 aliphatic rings. The van der Waals surface area contributed by atoms with Gasteiger partial charge >= 0.3 is 0 Å². The van der Waals surface area contributed by atoms with E-state index < -0.39 is 0 Å². The third-order valence-electron chi connectivity index (χ3n) is 4.22. The molecule has 1 aromatic carbocycles. The van der Waals surface area contributed by atoms with Gasteiger partial charge in [0.15, 0.2) is 0 Å². The molecule has 0 radical (unpaired) electrons. The number of aromatic nitrogens is 2. The van der Waals surface area contributed by atoms with Gasteiger partial charge in [0.25, 0.3) is 0 Å².